The maximum atomic E-state index is 14.0. The first-order chi connectivity index (χ1) is 15.3. The summed E-state index contributed by atoms with van der Waals surface area (Å²) in [7, 11) is 0. The van der Waals surface area contributed by atoms with Crippen molar-refractivity contribution in [3.05, 3.63) is 111 Å². The first kappa shape index (κ1) is 21.2. The molecule has 2 unspecified atom stereocenters. The number of rotatable bonds is 5. The van der Waals surface area contributed by atoms with Crippen LogP contribution in [-0.4, -0.2) is 21.0 Å². The fraction of sp³-hybridized carbons (Fsp3) is 0.0870. The lowest BCUT2D eigenvalue weighted by atomic mass is 9.90. The quantitative estimate of drug-likeness (QED) is 0.354. The van der Waals surface area contributed by atoms with Crippen LogP contribution in [0.4, 0.5) is 21.5 Å². The Labute approximate surface area is 181 Å². The van der Waals surface area contributed by atoms with E-state index in [0.717, 1.165) is 12.1 Å². The summed E-state index contributed by atoms with van der Waals surface area (Å²) in [6.07, 6.45) is -0.258. The number of aliphatic hydroxyl groups is 2. The summed E-state index contributed by atoms with van der Waals surface area (Å²) in [5.41, 5.74) is 1.88. The lowest BCUT2D eigenvalue weighted by Crippen LogP contribution is -2.18. The minimum Gasteiger partial charge on any atom is -0.384 e. The Morgan fingerprint density at radius 1 is 0.969 bits per heavy atom. The van der Waals surface area contributed by atoms with Gasteiger partial charge in [-0.25, -0.2) is 4.39 Å². The number of nitro benzene ring substituents is 1. The Kier molecular flexibility index (Phi) is 5.67. The molecule has 0 spiro atoms. The minimum atomic E-state index is -0.993. The molecule has 32 heavy (non-hydrogen) atoms. The smallest absolute Gasteiger partial charge is 0.272 e. The van der Waals surface area contributed by atoms with Gasteiger partial charge in [-0.15, -0.1) is 0 Å². The average Bonchev–Trinajstić information content (AvgIpc) is 2.78. The number of carbonyl (C=O) groups excluding carboxylic acids is 1. The highest BCUT2D eigenvalue weighted by Gasteiger charge is 2.25. The lowest BCUT2D eigenvalue weighted by molar-refractivity contribution is -0.385. The molecule has 8 nitrogen and oxygen atoms in total. The van der Waals surface area contributed by atoms with Gasteiger partial charge in [-0.05, 0) is 47.5 Å². The molecule has 1 aliphatic rings. The van der Waals surface area contributed by atoms with Crippen LogP contribution in [-0.2, 0) is 0 Å². The normalized spacial score (nSPS) is 17.2. The molecule has 4 rings (SSSR count). The second kappa shape index (κ2) is 8.58. The first-order valence-electron chi connectivity index (χ1n) is 9.62. The highest BCUT2D eigenvalue weighted by atomic mass is 19.1. The second-order valence-corrected chi connectivity index (χ2v) is 7.18. The summed E-state index contributed by atoms with van der Waals surface area (Å²) in [6, 6.07) is 16.3. The molecule has 3 aromatic carbocycles. The van der Waals surface area contributed by atoms with E-state index in [1.165, 1.54) is 6.08 Å². The third-order valence-corrected chi connectivity index (χ3v) is 5.08. The van der Waals surface area contributed by atoms with Crippen LogP contribution in [0.15, 0.2) is 78.5 Å². The van der Waals surface area contributed by atoms with Gasteiger partial charge in [-0.1, -0.05) is 24.3 Å². The summed E-state index contributed by atoms with van der Waals surface area (Å²) in [4.78, 5) is 22.3. The van der Waals surface area contributed by atoms with Gasteiger partial charge < -0.3 is 20.8 Å². The number of hydrogen-bond donors (Lipinski definition) is 4. The van der Waals surface area contributed by atoms with E-state index in [4.69, 9.17) is 0 Å². The fourth-order valence-electron chi connectivity index (χ4n) is 3.46. The Balaban J connectivity index is 1.45. The topological polar surface area (TPSA) is 125 Å². The highest BCUT2D eigenvalue weighted by molar-refractivity contribution is 6.04. The van der Waals surface area contributed by atoms with Crippen LogP contribution in [0.2, 0.25) is 0 Å². The number of benzene rings is 3. The van der Waals surface area contributed by atoms with Gasteiger partial charge in [-0.2, -0.15) is 0 Å². The first-order valence-corrected chi connectivity index (χ1v) is 9.62. The summed E-state index contributed by atoms with van der Waals surface area (Å²) < 4.78 is 14.0. The molecule has 0 aliphatic heterocycles. The van der Waals surface area contributed by atoms with Crippen molar-refractivity contribution in [2.75, 3.05) is 10.6 Å². The van der Waals surface area contributed by atoms with Crippen molar-refractivity contribution in [1.29, 1.82) is 0 Å². The zero-order valence-electron chi connectivity index (χ0n) is 16.5. The van der Waals surface area contributed by atoms with Crippen LogP contribution in [0.3, 0.4) is 0 Å². The van der Waals surface area contributed by atoms with E-state index in [2.05, 4.69) is 10.6 Å². The maximum Gasteiger partial charge on any atom is 0.272 e. The molecule has 0 bridgehead atoms. The van der Waals surface area contributed by atoms with E-state index < -0.39 is 34.5 Å². The van der Waals surface area contributed by atoms with Crippen molar-refractivity contribution in [2.24, 2.45) is 0 Å². The number of anilines is 2. The van der Waals surface area contributed by atoms with Crippen molar-refractivity contribution < 1.29 is 24.3 Å². The summed E-state index contributed by atoms with van der Waals surface area (Å²) in [5, 5.41) is 37.2. The number of non-ortho nitro benzene ring substituents is 1. The van der Waals surface area contributed by atoms with Crippen LogP contribution in [0.25, 0.3) is 0 Å². The van der Waals surface area contributed by atoms with Gasteiger partial charge in [0.25, 0.3) is 11.6 Å². The molecule has 2 atom stereocenters. The molecule has 9 heteroatoms. The Morgan fingerprint density at radius 2 is 1.62 bits per heavy atom. The van der Waals surface area contributed by atoms with Gasteiger partial charge in [0.2, 0.25) is 0 Å². The molecule has 0 radical (unpaired) electrons. The van der Waals surface area contributed by atoms with Gasteiger partial charge in [0.05, 0.1) is 22.7 Å². The molecule has 0 saturated carbocycles. The van der Waals surface area contributed by atoms with E-state index in [9.17, 15) is 29.5 Å². The van der Waals surface area contributed by atoms with Gasteiger partial charge >= 0.3 is 0 Å². The number of halogens is 1. The van der Waals surface area contributed by atoms with Crippen LogP contribution in [0.5, 0.6) is 0 Å². The predicted molar refractivity (Wildman–Crippen MR) is 116 cm³/mol. The van der Waals surface area contributed by atoms with Crippen molar-refractivity contribution in [2.45, 2.75) is 12.2 Å². The van der Waals surface area contributed by atoms with Crippen LogP contribution >= 0.6 is 0 Å². The lowest BCUT2D eigenvalue weighted by Gasteiger charge is -2.27. The van der Waals surface area contributed by atoms with Crippen molar-refractivity contribution >= 4 is 23.0 Å². The molecule has 0 heterocycles. The number of fused-ring (bicyclic) bond motifs is 1. The molecular formula is C23H18FN3O5. The second-order valence-electron chi connectivity index (χ2n) is 7.18. The van der Waals surface area contributed by atoms with Gasteiger partial charge in [-0.3, -0.25) is 14.9 Å². The van der Waals surface area contributed by atoms with E-state index in [-0.39, 0.29) is 5.56 Å². The average molecular weight is 435 g/mol. The number of nitrogens with one attached hydrogen (secondary N) is 2. The van der Waals surface area contributed by atoms with E-state index in [1.54, 1.807) is 48.5 Å². The molecule has 0 fully saturated rings. The summed E-state index contributed by atoms with van der Waals surface area (Å²) in [5.74, 6) is -1.74. The fourth-order valence-corrected chi connectivity index (χ4v) is 3.46. The zero-order chi connectivity index (χ0) is 22.8. The van der Waals surface area contributed by atoms with E-state index >= 15 is 0 Å². The van der Waals surface area contributed by atoms with Gasteiger partial charge in [0.1, 0.15) is 11.9 Å². The minimum absolute atomic E-state index is 0.319. The van der Waals surface area contributed by atoms with Crippen molar-refractivity contribution in [1.82, 2.24) is 0 Å². The molecule has 0 aromatic heterocycles. The van der Waals surface area contributed by atoms with Crippen LogP contribution < -0.4 is 10.6 Å². The molecular weight excluding hydrogens is 417 g/mol. The highest BCUT2D eigenvalue weighted by Crippen LogP contribution is 2.36. The van der Waals surface area contributed by atoms with Crippen molar-refractivity contribution in [3.8, 4) is 0 Å². The molecule has 3 aromatic rings. The Bertz CT molecular complexity index is 1230. The predicted octanol–water partition coefficient (Wildman–Crippen LogP) is 4.06. The number of nitrogens with zero attached hydrogens (tertiary/aromatic N) is 1. The molecule has 1 amide bonds. The van der Waals surface area contributed by atoms with E-state index in [0.29, 0.717) is 34.3 Å². The van der Waals surface area contributed by atoms with E-state index in [1.807, 2.05) is 0 Å². The number of nitro groups is 1. The van der Waals surface area contributed by atoms with Crippen LogP contribution in [0.1, 0.15) is 33.7 Å². The van der Waals surface area contributed by atoms with Crippen LogP contribution in [0, 0.1) is 15.9 Å². The standard InChI is InChI=1S/C23H18FN3O5/c24-19-11-15(27(31)32)9-10-18(19)23(30)26-14-7-5-13(6-8-14)25-20-12-21(28)16-3-1-2-4-17(16)22(20)29/h1-12,21-22,25,28-29H,(H,26,30). The summed E-state index contributed by atoms with van der Waals surface area (Å²) >= 11 is 0. The largest absolute Gasteiger partial charge is 0.384 e. The molecule has 4 N–H and O–H groups in total. The maximum absolute atomic E-state index is 14.0. The molecule has 0 saturated heterocycles. The molecule has 162 valence electrons. The summed E-state index contributed by atoms with van der Waals surface area (Å²) in [6.45, 7) is 0. The SMILES string of the molecule is O=C(Nc1ccc(NC2=CC(O)c3ccccc3C2O)cc1)c1ccc([N+](=O)[O-])cc1F. The van der Waals surface area contributed by atoms with Gasteiger partial charge in [0, 0.05) is 23.1 Å². The Hall–Kier alpha value is -4.08. The number of hydrogen-bond acceptors (Lipinski definition) is 6. The third kappa shape index (κ3) is 4.20. The monoisotopic (exact) mass is 435 g/mol. The molecule has 1 aliphatic carbocycles. The zero-order valence-corrected chi connectivity index (χ0v) is 16.5. The number of amides is 1. The number of aliphatic hydroxyl groups excluding tert-OH is 2. The van der Waals surface area contributed by atoms with Crippen molar-refractivity contribution in [3.63, 3.8) is 0 Å². The van der Waals surface area contributed by atoms with Gasteiger partial charge in [0.15, 0.2) is 0 Å². The number of carbonyl (C=O) groups is 1. The third-order valence-electron chi connectivity index (χ3n) is 5.08. The Morgan fingerprint density at radius 3 is 2.28 bits per heavy atom.